The molecule has 0 radical (unpaired) electrons. The summed E-state index contributed by atoms with van der Waals surface area (Å²) < 4.78 is 136. The zero-order valence-electron chi connectivity index (χ0n) is 42.5. The summed E-state index contributed by atoms with van der Waals surface area (Å²) in [5.74, 6) is -4.76. The number of hydrogen-bond donors (Lipinski definition) is 1. The molecule has 0 aliphatic carbocycles. The summed E-state index contributed by atoms with van der Waals surface area (Å²) >= 11 is 11.4. The average Bonchev–Trinajstić information content (AvgIpc) is 3.90. The molecule has 14 nitrogen and oxygen atoms in total. The van der Waals surface area contributed by atoms with E-state index in [9.17, 15) is 38.1 Å². The number of carbonyl (C=O) groups is 3. The van der Waals surface area contributed by atoms with Crippen molar-refractivity contribution in [2.45, 2.75) is 82.9 Å². The third-order valence-electron chi connectivity index (χ3n) is 14.4. The lowest BCUT2D eigenvalue weighted by atomic mass is 9.89. The molecule has 2 amide bonds. The number of amides is 2. The number of thiocarbonyl (C=S) groups is 2. The molecule has 25 heteroatoms. The monoisotopic (exact) mass is 1150 g/mol. The first-order valence-electron chi connectivity index (χ1n) is 24.3. The summed E-state index contributed by atoms with van der Waals surface area (Å²) in [4.78, 5) is 48.0. The van der Waals surface area contributed by atoms with E-state index in [0.717, 1.165) is 79.2 Å². The van der Waals surface area contributed by atoms with E-state index in [1.165, 1.54) is 72.7 Å². The molecular weight excluding hydrogens is 1100 g/mol. The van der Waals surface area contributed by atoms with E-state index in [-0.39, 0.29) is 102 Å². The standard InChI is InChI=1S/C53H50F8N8O6S2.ClH/c1-50(2)46(71)66(33-8-6-31(25-62)36(22-33)52(56,57)58)48(76)68(50)34-9-12-41(37(54)23-34)75-28-30-16-20-65(21-17-30)44(45(70)73-5)42-39(11-7-32(26-63)43(42)53(59,60)61)67-47(72)51(3,4)69(49(67)77)35-10-13-40(38(55)24-35)74-27-29-14-18-64-19-15-29;/h6-13,22-24,29-30,44,64H,14-21,27-28H2,1-5H3;1H. The Hall–Kier alpha value is -6.70. The highest BCUT2D eigenvalue weighted by atomic mass is 35.5. The SMILES string of the molecule is COC(=O)C(c1c(N2C(=O)C(C)(C)N(c3ccc(OCC4CCNCC4)c(F)c3)C2=S)ccc(C#N)c1C(F)(F)F)N1CCC(COc2ccc(N3C(=S)N(c4ccc(C#N)c(C(F)(F)F)c4)C(=O)C3(C)C)cc2F)CC1.Cl. The normalized spacial score (nSPS) is 18.7. The molecule has 0 aromatic heterocycles. The van der Waals surface area contributed by atoms with Gasteiger partial charge in [-0.05, 0) is 170 Å². The molecular formula is C53H51ClF8N8O6S2. The maximum Gasteiger partial charge on any atom is 0.418 e. The third-order valence-corrected chi connectivity index (χ3v) is 15.1. The van der Waals surface area contributed by atoms with Crippen LogP contribution in [0.5, 0.6) is 11.5 Å². The highest BCUT2D eigenvalue weighted by Gasteiger charge is 2.54. The van der Waals surface area contributed by atoms with Crippen LogP contribution in [-0.2, 0) is 31.5 Å². The second-order valence-electron chi connectivity index (χ2n) is 20.0. The molecule has 78 heavy (non-hydrogen) atoms. The van der Waals surface area contributed by atoms with Crippen LogP contribution in [0.15, 0.2) is 66.7 Å². The average molecular weight is 1150 g/mol. The fraction of sp³-hybridized carbons (Fsp3) is 0.415. The summed E-state index contributed by atoms with van der Waals surface area (Å²) in [6.07, 6.45) is -8.11. The molecule has 8 rings (SSSR count). The molecule has 4 aliphatic rings. The number of benzene rings is 4. The number of nitrogens with zero attached hydrogens (tertiary/aromatic N) is 7. The predicted molar refractivity (Wildman–Crippen MR) is 281 cm³/mol. The molecule has 0 saturated carbocycles. The summed E-state index contributed by atoms with van der Waals surface area (Å²) in [5, 5.41) is 22.0. The minimum Gasteiger partial charge on any atom is -0.490 e. The lowest BCUT2D eigenvalue weighted by Crippen LogP contribution is -2.44. The third kappa shape index (κ3) is 11.0. The first-order chi connectivity index (χ1) is 36.3. The van der Waals surface area contributed by atoms with Gasteiger partial charge in [0.15, 0.2) is 33.4 Å². The first kappa shape index (κ1) is 59.0. The number of halogens is 9. The van der Waals surface area contributed by atoms with Gasteiger partial charge in [-0.25, -0.2) is 13.6 Å². The summed E-state index contributed by atoms with van der Waals surface area (Å²) in [6, 6.07) is 13.6. The van der Waals surface area contributed by atoms with Crippen molar-refractivity contribution in [3.8, 4) is 23.6 Å². The minimum absolute atomic E-state index is 0. The number of likely N-dealkylation sites (tertiary alicyclic amines) is 1. The van der Waals surface area contributed by atoms with E-state index in [2.05, 4.69) is 5.32 Å². The molecule has 414 valence electrons. The molecule has 4 fully saturated rings. The lowest BCUT2D eigenvalue weighted by molar-refractivity contribution is -0.150. The van der Waals surface area contributed by atoms with E-state index in [0.29, 0.717) is 6.07 Å². The molecule has 0 spiro atoms. The van der Waals surface area contributed by atoms with E-state index in [1.54, 1.807) is 6.07 Å². The minimum atomic E-state index is -5.27. The molecule has 4 aromatic rings. The first-order valence-corrected chi connectivity index (χ1v) is 25.1. The Labute approximate surface area is 460 Å². The van der Waals surface area contributed by atoms with Gasteiger partial charge in [0.25, 0.3) is 11.8 Å². The number of nitriles is 2. The molecule has 4 saturated heterocycles. The van der Waals surface area contributed by atoms with Crippen LogP contribution in [0.1, 0.15) is 87.2 Å². The number of methoxy groups -OCH3 is 1. The number of piperidine rings is 2. The van der Waals surface area contributed by atoms with Crippen LogP contribution in [0.25, 0.3) is 0 Å². The van der Waals surface area contributed by atoms with Crippen LogP contribution in [0.3, 0.4) is 0 Å². The van der Waals surface area contributed by atoms with Crippen LogP contribution < -0.4 is 34.4 Å². The Morgan fingerprint density at radius 3 is 1.65 bits per heavy atom. The largest absolute Gasteiger partial charge is 0.490 e. The molecule has 4 aliphatic heterocycles. The number of anilines is 4. The Morgan fingerprint density at radius 1 is 0.705 bits per heavy atom. The van der Waals surface area contributed by atoms with Gasteiger partial charge in [0.1, 0.15) is 17.1 Å². The highest BCUT2D eigenvalue weighted by molar-refractivity contribution is 7.81. The molecule has 1 N–H and O–H groups in total. The summed E-state index contributed by atoms with van der Waals surface area (Å²) in [5.41, 5.74) is -8.74. The van der Waals surface area contributed by atoms with Crippen LogP contribution in [-0.4, -0.2) is 90.5 Å². The zero-order valence-corrected chi connectivity index (χ0v) is 44.9. The number of alkyl halides is 6. The van der Waals surface area contributed by atoms with Gasteiger partial charge in [-0.1, -0.05) is 0 Å². The van der Waals surface area contributed by atoms with Crippen LogP contribution in [0, 0.1) is 46.1 Å². The van der Waals surface area contributed by atoms with E-state index >= 15 is 22.0 Å². The van der Waals surface area contributed by atoms with Crippen molar-refractivity contribution in [2.24, 2.45) is 11.8 Å². The van der Waals surface area contributed by atoms with Crippen LogP contribution in [0.4, 0.5) is 57.9 Å². The van der Waals surface area contributed by atoms with Crippen LogP contribution >= 0.6 is 36.8 Å². The highest BCUT2D eigenvalue weighted by Crippen LogP contribution is 2.48. The summed E-state index contributed by atoms with van der Waals surface area (Å²) in [7, 11) is 0.982. The molecule has 1 unspecified atom stereocenters. The van der Waals surface area contributed by atoms with Crippen molar-refractivity contribution in [1.29, 1.82) is 10.5 Å². The number of ether oxygens (including phenoxy) is 3. The van der Waals surface area contributed by atoms with Gasteiger partial charge in [0.2, 0.25) is 0 Å². The quantitative estimate of drug-likeness (QED) is 0.0767. The fourth-order valence-corrected chi connectivity index (χ4v) is 11.3. The second-order valence-corrected chi connectivity index (χ2v) is 20.7. The van der Waals surface area contributed by atoms with Gasteiger partial charge in [-0.3, -0.25) is 24.3 Å². The van der Waals surface area contributed by atoms with Gasteiger partial charge in [0, 0.05) is 29.1 Å². The molecule has 4 aromatic carbocycles. The predicted octanol–water partition coefficient (Wildman–Crippen LogP) is 10.4. The van der Waals surface area contributed by atoms with Crippen molar-refractivity contribution in [3.63, 3.8) is 0 Å². The van der Waals surface area contributed by atoms with E-state index < -0.39 is 92.4 Å². The smallest absolute Gasteiger partial charge is 0.418 e. The molecule has 0 bridgehead atoms. The lowest BCUT2D eigenvalue weighted by Gasteiger charge is -2.38. The van der Waals surface area contributed by atoms with Crippen molar-refractivity contribution >= 4 is 87.6 Å². The van der Waals surface area contributed by atoms with Gasteiger partial charge in [-0.2, -0.15) is 36.9 Å². The number of nitrogens with one attached hydrogen (secondary N) is 1. The topological polar surface area (TPSA) is 155 Å². The van der Waals surface area contributed by atoms with Crippen LogP contribution in [0.2, 0.25) is 0 Å². The molecule has 1 atom stereocenters. The maximum absolute atomic E-state index is 15.9. The van der Waals surface area contributed by atoms with E-state index in [1.807, 2.05) is 0 Å². The van der Waals surface area contributed by atoms with Crippen molar-refractivity contribution in [3.05, 3.63) is 106 Å². The van der Waals surface area contributed by atoms with Crippen molar-refractivity contribution < 1.29 is 63.7 Å². The number of hydrogen-bond acceptors (Lipinski definition) is 12. The van der Waals surface area contributed by atoms with E-state index in [4.69, 9.17) is 38.6 Å². The Kier molecular flexibility index (Phi) is 17.1. The Morgan fingerprint density at radius 2 is 1.18 bits per heavy atom. The van der Waals surface area contributed by atoms with Gasteiger partial charge in [-0.15, -0.1) is 12.4 Å². The Balaban J connectivity index is 0.00000882. The zero-order chi connectivity index (χ0) is 56.1. The number of carbonyl (C=O) groups excluding carboxylic acids is 3. The number of esters is 1. The number of rotatable bonds is 13. The maximum atomic E-state index is 15.9. The van der Waals surface area contributed by atoms with Gasteiger partial charge in [0.05, 0.1) is 66.1 Å². The molecule has 4 heterocycles. The Bertz CT molecular complexity index is 3130. The van der Waals surface area contributed by atoms with Crippen molar-refractivity contribution in [2.75, 3.05) is 66.1 Å². The van der Waals surface area contributed by atoms with Gasteiger partial charge >= 0.3 is 18.3 Å². The van der Waals surface area contributed by atoms with Gasteiger partial charge < -0.3 is 29.3 Å². The fourth-order valence-electron chi connectivity index (χ4n) is 10.3. The summed E-state index contributed by atoms with van der Waals surface area (Å²) in [6.45, 7) is 7.50. The second kappa shape index (κ2) is 22.6. The van der Waals surface area contributed by atoms with Crippen molar-refractivity contribution in [1.82, 2.24) is 10.2 Å².